The highest BCUT2D eigenvalue weighted by Gasteiger charge is 2.47. The van der Waals surface area contributed by atoms with Gasteiger partial charge in [-0.2, -0.15) is 0 Å². The van der Waals surface area contributed by atoms with Gasteiger partial charge >= 0.3 is 0 Å². The minimum absolute atomic E-state index is 0.546. The number of hydrogen-bond acceptors (Lipinski definition) is 2. The minimum atomic E-state index is 0.546. The maximum Gasteiger partial charge on any atom is 0.0405 e. The predicted molar refractivity (Wildman–Crippen MR) is 77.0 cm³/mol. The number of para-hydroxylation sites is 1. The number of hydrogen-bond donors (Lipinski definition) is 1. The SMILES string of the molecule is CC(N1CC(CCN)c2ccccc21)C1(C)CC1. The second-order valence-corrected chi connectivity index (χ2v) is 6.32. The molecule has 0 bridgehead atoms. The van der Waals surface area contributed by atoms with Gasteiger partial charge in [0.05, 0.1) is 0 Å². The number of benzene rings is 1. The van der Waals surface area contributed by atoms with Gasteiger partial charge in [0.25, 0.3) is 0 Å². The summed E-state index contributed by atoms with van der Waals surface area (Å²) in [7, 11) is 0. The molecule has 1 aromatic carbocycles. The molecule has 98 valence electrons. The van der Waals surface area contributed by atoms with E-state index in [0.29, 0.717) is 17.4 Å². The van der Waals surface area contributed by atoms with Gasteiger partial charge in [0.1, 0.15) is 0 Å². The van der Waals surface area contributed by atoms with Crippen LogP contribution in [0.15, 0.2) is 24.3 Å². The standard InChI is InChI=1S/C16H24N2/c1-12(16(2)8-9-16)18-11-13(7-10-17)14-5-3-4-6-15(14)18/h3-6,12-13H,7-11,17H2,1-2H3. The van der Waals surface area contributed by atoms with Crippen molar-refractivity contribution in [3.63, 3.8) is 0 Å². The first-order chi connectivity index (χ1) is 8.65. The van der Waals surface area contributed by atoms with Crippen molar-refractivity contribution in [1.29, 1.82) is 0 Å². The number of fused-ring (bicyclic) bond motifs is 1. The van der Waals surface area contributed by atoms with Crippen LogP contribution < -0.4 is 10.6 Å². The van der Waals surface area contributed by atoms with Crippen molar-refractivity contribution in [2.75, 3.05) is 18.0 Å². The summed E-state index contributed by atoms with van der Waals surface area (Å²) in [5.74, 6) is 0.635. The minimum Gasteiger partial charge on any atom is -0.367 e. The van der Waals surface area contributed by atoms with E-state index in [-0.39, 0.29) is 0 Å². The van der Waals surface area contributed by atoms with Gasteiger partial charge in [-0.05, 0) is 49.8 Å². The van der Waals surface area contributed by atoms with Gasteiger partial charge in [0, 0.05) is 24.2 Å². The topological polar surface area (TPSA) is 29.3 Å². The molecule has 2 atom stereocenters. The smallest absolute Gasteiger partial charge is 0.0405 e. The molecule has 1 fully saturated rings. The van der Waals surface area contributed by atoms with Gasteiger partial charge in [-0.15, -0.1) is 0 Å². The summed E-state index contributed by atoms with van der Waals surface area (Å²) in [6, 6.07) is 9.56. The molecule has 2 unspecified atom stereocenters. The van der Waals surface area contributed by atoms with Crippen molar-refractivity contribution in [3.05, 3.63) is 29.8 Å². The average molecular weight is 244 g/mol. The molecule has 1 aromatic rings. The molecular formula is C16H24N2. The lowest BCUT2D eigenvalue weighted by Crippen LogP contribution is -2.38. The lowest BCUT2D eigenvalue weighted by atomic mass is 9.98. The van der Waals surface area contributed by atoms with Gasteiger partial charge in [0.2, 0.25) is 0 Å². The molecule has 1 aliphatic heterocycles. The van der Waals surface area contributed by atoms with Crippen LogP contribution >= 0.6 is 0 Å². The van der Waals surface area contributed by atoms with E-state index in [2.05, 4.69) is 43.0 Å². The monoisotopic (exact) mass is 244 g/mol. The van der Waals surface area contributed by atoms with Crippen molar-refractivity contribution >= 4 is 5.69 Å². The largest absolute Gasteiger partial charge is 0.367 e. The Morgan fingerprint density at radius 3 is 2.78 bits per heavy atom. The van der Waals surface area contributed by atoms with Crippen LogP contribution in [0.3, 0.4) is 0 Å². The number of rotatable bonds is 4. The number of anilines is 1. The summed E-state index contributed by atoms with van der Waals surface area (Å²) in [6.45, 7) is 6.77. The van der Waals surface area contributed by atoms with E-state index < -0.39 is 0 Å². The van der Waals surface area contributed by atoms with E-state index in [4.69, 9.17) is 5.73 Å². The Kier molecular flexibility index (Phi) is 2.86. The van der Waals surface area contributed by atoms with Gasteiger partial charge < -0.3 is 10.6 Å². The van der Waals surface area contributed by atoms with Gasteiger partial charge in [0.15, 0.2) is 0 Å². The predicted octanol–water partition coefficient (Wildman–Crippen LogP) is 3.13. The van der Waals surface area contributed by atoms with Crippen LogP contribution in [-0.4, -0.2) is 19.1 Å². The maximum atomic E-state index is 5.77. The van der Waals surface area contributed by atoms with Crippen LogP contribution in [-0.2, 0) is 0 Å². The van der Waals surface area contributed by atoms with Crippen LogP contribution in [0.2, 0.25) is 0 Å². The zero-order valence-electron chi connectivity index (χ0n) is 11.5. The molecule has 0 amide bonds. The zero-order chi connectivity index (χ0) is 12.8. The number of nitrogens with zero attached hydrogens (tertiary/aromatic N) is 1. The van der Waals surface area contributed by atoms with Crippen LogP contribution in [0.5, 0.6) is 0 Å². The zero-order valence-corrected chi connectivity index (χ0v) is 11.5. The third-order valence-electron chi connectivity index (χ3n) is 5.13. The van der Waals surface area contributed by atoms with Gasteiger partial charge in [-0.25, -0.2) is 0 Å². The third-order valence-corrected chi connectivity index (χ3v) is 5.13. The molecular weight excluding hydrogens is 220 g/mol. The Bertz CT molecular complexity index is 436. The summed E-state index contributed by atoms with van der Waals surface area (Å²) in [5, 5.41) is 0. The van der Waals surface area contributed by atoms with Crippen LogP contribution in [0.1, 0.15) is 44.6 Å². The van der Waals surface area contributed by atoms with E-state index in [9.17, 15) is 0 Å². The fraction of sp³-hybridized carbons (Fsp3) is 0.625. The molecule has 18 heavy (non-hydrogen) atoms. The quantitative estimate of drug-likeness (QED) is 0.881. The molecule has 3 rings (SSSR count). The summed E-state index contributed by atoms with van der Waals surface area (Å²) in [6.07, 6.45) is 3.87. The van der Waals surface area contributed by atoms with E-state index in [1.165, 1.54) is 24.1 Å². The Labute approximate surface area is 110 Å². The molecule has 0 aromatic heterocycles. The summed E-state index contributed by atoms with van der Waals surface area (Å²) in [5.41, 5.74) is 9.28. The Hall–Kier alpha value is -1.02. The molecule has 0 spiro atoms. The number of nitrogens with two attached hydrogens (primary N) is 1. The molecule has 1 saturated carbocycles. The molecule has 0 radical (unpaired) electrons. The second-order valence-electron chi connectivity index (χ2n) is 6.32. The molecule has 2 N–H and O–H groups in total. The molecule has 2 nitrogen and oxygen atoms in total. The van der Waals surface area contributed by atoms with Crippen molar-refractivity contribution < 1.29 is 0 Å². The van der Waals surface area contributed by atoms with Crippen molar-refractivity contribution in [1.82, 2.24) is 0 Å². The average Bonchev–Trinajstić information content (AvgIpc) is 3.03. The van der Waals surface area contributed by atoms with Gasteiger partial charge in [-0.1, -0.05) is 25.1 Å². The fourth-order valence-corrected chi connectivity index (χ4v) is 3.33. The van der Waals surface area contributed by atoms with Gasteiger partial charge in [-0.3, -0.25) is 0 Å². The first kappa shape index (κ1) is 12.0. The Balaban J connectivity index is 1.89. The van der Waals surface area contributed by atoms with Crippen LogP contribution in [0.25, 0.3) is 0 Å². The first-order valence-electron chi connectivity index (χ1n) is 7.21. The van der Waals surface area contributed by atoms with Crippen molar-refractivity contribution in [2.24, 2.45) is 11.1 Å². The van der Waals surface area contributed by atoms with Crippen LogP contribution in [0.4, 0.5) is 5.69 Å². The fourth-order valence-electron chi connectivity index (χ4n) is 3.33. The Morgan fingerprint density at radius 1 is 1.39 bits per heavy atom. The lowest BCUT2D eigenvalue weighted by Gasteiger charge is -2.32. The molecule has 1 heterocycles. The molecule has 0 saturated heterocycles. The lowest BCUT2D eigenvalue weighted by molar-refractivity contribution is 0.429. The highest BCUT2D eigenvalue weighted by molar-refractivity contribution is 5.61. The first-order valence-corrected chi connectivity index (χ1v) is 7.21. The van der Waals surface area contributed by atoms with E-state index in [0.717, 1.165) is 19.5 Å². The summed E-state index contributed by atoms with van der Waals surface area (Å²) >= 11 is 0. The van der Waals surface area contributed by atoms with Crippen molar-refractivity contribution in [2.45, 2.75) is 45.1 Å². The summed E-state index contributed by atoms with van der Waals surface area (Å²) < 4.78 is 0. The maximum absolute atomic E-state index is 5.77. The Morgan fingerprint density at radius 2 is 2.11 bits per heavy atom. The highest BCUT2D eigenvalue weighted by Crippen LogP contribution is 2.52. The molecule has 2 aliphatic rings. The normalized spacial score (nSPS) is 25.9. The van der Waals surface area contributed by atoms with E-state index in [1.54, 1.807) is 0 Å². The molecule has 2 heteroatoms. The summed E-state index contributed by atoms with van der Waals surface area (Å²) in [4.78, 5) is 2.63. The highest BCUT2D eigenvalue weighted by atomic mass is 15.2. The second kappa shape index (κ2) is 4.27. The van der Waals surface area contributed by atoms with Crippen LogP contribution in [0, 0.1) is 5.41 Å². The third kappa shape index (κ3) is 1.83. The molecule has 1 aliphatic carbocycles. The van der Waals surface area contributed by atoms with E-state index in [1.807, 2.05) is 0 Å². The van der Waals surface area contributed by atoms with E-state index >= 15 is 0 Å². The van der Waals surface area contributed by atoms with Crippen molar-refractivity contribution in [3.8, 4) is 0 Å².